The number of rotatable bonds is 2. The zero-order valence-electron chi connectivity index (χ0n) is 7.66. The van der Waals surface area contributed by atoms with Crippen molar-refractivity contribution in [3.8, 4) is 0 Å². The maximum absolute atomic E-state index is 5.80. The third kappa shape index (κ3) is 1.99. The summed E-state index contributed by atoms with van der Waals surface area (Å²) in [5.74, 6) is 0. The molecular formula is C9H12BrN3O. The van der Waals surface area contributed by atoms with E-state index < -0.39 is 0 Å². The van der Waals surface area contributed by atoms with Gasteiger partial charge in [0.2, 0.25) is 0 Å². The largest absolute Gasteiger partial charge is 0.396 e. The van der Waals surface area contributed by atoms with Crippen molar-refractivity contribution in [3.63, 3.8) is 0 Å². The molecule has 1 unspecified atom stereocenters. The van der Waals surface area contributed by atoms with Crippen LogP contribution >= 0.6 is 15.9 Å². The number of aromatic nitrogens is 1. The molecule has 0 radical (unpaired) electrons. The minimum absolute atomic E-state index is 0.357. The number of ether oxygens (including phenoxy) is 1. The predicted octanol–water partition coefficient (Wildman–Crippen LogP) is 1.63. The molecule has 1 aromatic rings. The lowest BCUT2D eigenvalue weighted by molar-refractivity contribution is 0.195. The first-order valence-electron chi connectivity index (χ1n) is 4.50. The van der Waals surface area contributed by atoms with E-state index in [1.807, 2.05) is 0 Å². The zero-order chi connectivity index (χ0) is 9.97. The van der Waals surface area contributed by atoms with E-state index in [1.165, 1.54) is 0 Å². The highest BCUT2D eigenvalue weighted by atomic mass is 79.9. The Bertz CT molecular complexity index is 306. The summed E-state index contributed by atoms with van der Waals surface area (Å²) < 4.78 is 6.17. The van der Waals surface area contributed by atoms with Crippen LogP contribution in [0.2, 0.25) is 0 Å². The summed E-state index contributed by atoms with van der Waals surface area (Å²) in [5, 5.41) is 3.34. The summed E-state index contributed by atoms with van der Waals surface area (Å²) in [6, 6.07) is 0.357. The Labute approximate surface area is 91.0 Å². The highest BCUT2D eigenvalue weighted by molar-refractivity contribution is 9.10. The number of nitrogens with two attached hydrogens (primary N) is 1. The van der Waals surface area contributed by atoms with Crippen LogP contribution in [0, 0.1) is 0 Å². The van der Waals surface area contributed by atoms with Gasteiger partial charge in [0.1, 0.15) is 0 Å². The molecule has 76 valence electrons. The van der Waals surface area contributed by atoms with Gasteiger partial charge in [0.05, 0.1) is 34.7 Å². The summed E-state index contributed by atoms with van der Waals surface area (Å²) in [6.07, 6.45) is 4.39. The summed E-state index contributed by atoms with van der Waals surface area (Å²) in [7, 11) is 0. The molecule has 1 aromatic heterocycles. The van der Waals surface area contributed by atoms with Crippen LogP contribution in [-0.4, -0.2) is 24.2 Å². The van der Waals surface area contributed by atoms with E-state index in [4.69, 9.17) is 10.5 Å². The van der Waals surface area contributed by atoms with Gasteiger partial charge in [-0.2, -0.15) is 0 Å². The Hall–Kier alpha value is -0.810. The fourth-order valence-electron chi connectivity index (χ4n) is 1.45. The van der Waals surface area contributed by atoms with Crippen LogP contribution < -0.4 is 11.1 Å². The van der Waals surface area contributed by atoms with E-state index in [2.05, 4.69) is 26.2 Å². The molecule has 2 rings (SSSR count). The molecule has 1 saturated heterocycles. The van der Waals surface area contributed by atoms with Gasteiger partial charge in [0, 0.05) is 12.8 Å². The van der Waals surface area contributed by atoms with Crippen molar-refractivity contribution in [3.05, 3.63) is 16.9 Å². The van der Waals surface area contributed by atoms with E-state index in [-0.39, 0.29) is 0 Å². The van der Waals surface area contributed by atoms with Gasteiger partial charge in [-0.15, -0.1) is 0 Å². The fraction of sp³-hybridized carbons (Fsp3) is 0.444. The Morgan fingerprint density at radius 1 is 1.57 bits per heavy atom. The number of nitrogen functional groups attached to an aromatic ring is 1. The molecule has 1 aliphatic heterocycles. The van der Waals surface area contributed by atoms with Crippen LogP contribution in [0.15, 0.2) is 16.9 Å². The van der Waals surface area contributed by atoms with Crippen molar-refractivity contribution in [2.45, 2.75) is 12.5 Å². The second-order valence-electron chi connectivity index (χ2n) is 3.29. The van der Waals surface area contributed by atoms with Crippen molar-refractivity contribution in [2.24, 2.45) is 0 Å². The number of hydrogen-bond donors (Lipinski definition) is 2. The quantitative estimate of drug-likeness (QED) is 0.846. The van der Waals surface area contributed by atoms with Crippen molar-refractivity contribution >= 4 is 27.3 Å². The minimum atomic E-state index is 0.357. The van der Waals surface area contributed by atoms with Gasteiger partial charge in [-0.3, -0.25) is 4.98 Å². The van der Waals surface area contributed by atoms with Crippen LogP contribution in [0.4, 0.5) is 11.4 Å². The molecule has 0 spiro atoms. The molecule has 0 bridgehead atoms. The summed E-state index contributed by atoms with van der Waals surface area (Å²) in [5.41, 5.74) is 7.37. The number of anilines is 2. The third-order valence-corrected chi connectivity index (χ3v) is 2.81. The maximum Gasteiger partial charge on any atom is 0.0752 e. The lowest BCUT2D eigenvalue weighted by Gasteiger charge is -2.15. The van der Waals surface area contributed by atoms with Crippen LogP contribution in [0.3, 0.4) is 0 Å². The lowest BCUT2D eigenvalue weighted by Crippen LogP contribution is -2.20. The number of hydrogen-bond acceptors (Lipinski definition) is 4. The van der Waals surface area contributed by atoms with Crippen LogP contribution in [0.1, 0.15) is 6.42 Å². The van der Waals surface area contributed by atoms with Crippen molar-refractivity contribution in [1.82, 2.24) is 4.98 Å². The molecule has 4 nitrogen and oxygen atoms in total. The van der Waals surface area contributed by atoms with Gasteiger partial charge in [0.25, 0.3) is 0 Å². The third-order valence-electron chi connectivity index (χ3n) is 2.21. The number of pyridine rings is 1. The summed E-state index contributed by atoms with van der Waals surface area (Å²) >= 11 is 3.41. The average Bonchev–Trinajstić information content (AvgIpc) is 2.64. The Balaban J connectivity index is 2.14. The summed E-state index contributed by atoms with van der Waals surface area (Å²) in [4.78, 5) is 3.98. The smallest absolute Gasteiger partial charge is 0.0752 e. The molecule has 1 fully saturated rings. The zero-order valence-corrected chi connectivity index (χ0v) is 9.25. The van der Waals surface area contributed by atoms with E-state index in [0.717, 1.165) is 29.8 Å². The van der Waals surface area contributed by atoms with Crippen molar-refractivity contribution in [2.75, 3.05) is 24.3 Å². The summed E-state index contributed by atoms with van der Waals surface area (Å²) in [6.45, 7) is 1.56. The fourth-order valence-corrected chi connectivity index (χ4v) is 1.92. The van der Waals surface area contributed by atoms with Gasteiger partial charge in [-0.05, 0) is 22.4 Å². The molecule has 1 atom stereocenters. The average molecular weight is 258 g/mol. The van der Waals surface area contributed by atoms with E-state index in [1.54, 1.807) is 12.4 Å². The molecule has 0 saturated carbocycles. The number of halogens is 1. The van der Waals surface area contributed by atoms with Gasteiger partial charge in [-0.1, -0.05) is 0 Å². The molecule has 0 aliphatic carbocycles. The lowest BCUT2D eigenvalue weighted by atomic mass is 10.2. The normalized spacial score (nSPS) is 21.1. The molecule has 3 N–H and O–H groups in total. The number of nitrogens with zero attached hydrogens (tertiary/aromatic N) is 1. The minimum Gasteiger partial charge on any atom is -0.396 e. The molecule has 0 amide bonds. The highest BCUT2D eigenvalue weighted by Crippen LogP contribution is 2.28. The van der Waals surface area contributed by atoms with Gasteiger partial charge in [-0.25, -0.2) is 0 Å². The Morgan fingerprint density at radius 3 is 3.07 bits per heavy atom. The molecule has 5 heteroatoms. The van der Waals surface area contributed by atoms with Gasteiger partial charge >= 0.3 is 0 Å². The Morgan fingerprint density at radius 2 is 2.43 bits per heavy atom. The number of nitrogens with one attached hydrogen (secondary N) is 1. The Kier molecular flexibility index (Phi) is 2.88. The second kappa shape index (κ2) is 4.14. The van der Waals surface area contributed by atoms with Crippen molar-refractivity contribution in [1.29, 1.82) is 0 Å². The van der Waals surface area contributed by atoms with E-state index in [9.17, 15) is 0 Å². The molecule has 2 heterocycles. The standard InChI is InChI=1S/C9H12BrN3O/c10-7-3-12-4-8(11)9(7)13-6-1-2-14-5-6/h3-4,6H,1-2,5,11H2,(H,12,13). The SMILES string of the molecule is Nc1cncc(Br)c1NC1CCOC1. The monoisotopic (exact) mass is 257 g/mol. The topological polar surface area (TPSA) is 60.2 Å². The molecule has 0 aromatic carbocycles. The molecular weight excluding hydrogens is 246 g/mol. The second-order valence-corrected chi connectivity index (χ2v) is 4.14. The van der Waals surface area contributed by atoms with E-state index >= 15 is 0 Å². The first kappa shape index (κ1) is 9.73. The predicted molar refractivity (Wildman–Crippen MR) is 59.2 cm³/mol. The molecule has 14 heavy (non-hydrogen) atoms. The van der Waals surface area contributed by atoms with Crippen LogP contribution in [-0.2, 0) is 4.74 Å². The van der Waals surface area contributed by atoms with Gasteiger partial charge in [0.15, 0.2) is 0 Å². The molecule has 1 aliphatic rings. The van der Waals surface area contributed by atoms with Crippen LogP contribution in [0.25, 0.3) is 0 Å². The first-order chi connectivity index (χ1) is 6.77. The first-order valence-corrected chi connectivity index (χ1v) is 5.30. The van der Waals surface area contributed by atoms with E-state index in [0.29, 0.717) is 11.7 Å². The van der Waals surface area contributed by atoms with Crippen molar-refractivity contribution < 1.29 is 4.74 Å². The maximum atomic E-state index is 5.80. The van der Waals surface area contributed by atoms with Crippen LogP contribution in [0.5, 0.6) is 0 Å². The van der Waals surface area contributed by atoms with Gasteiger partial charge < -0.3 is 15.8 Å². The highest BCUT2D eigenvalue weighted by Gasteiger charge is 2.17.